The Balaban J connectivity index is 1.53. The van der Waals surface area contributed by atoms with Crippen molar-refractivity contribution in [1.29, 1.82) is 0 Å². The maximum absolute atomic E-state index is 13.0. The van der Waals surface area contributed by atoms with Gasteiger partial charge in [0.2, 0.25) is 5.91 Å². The molecule has 3 amide bonds. The summed E-state index contributed by atoms with van der Waals surface area (Å²) in [4.78, 5) is 31.8. The summed E-state index contributed by atoms with van der Waals surface area (Å²) in [6, 6.07) is 9.41. The van der Waals surface area contributed by atoms with Crippen LogP contribution in [0.15, 0.2) is 42.7 Å². The van der Waals surface area contributed by atoms with Crippen molar-refractivity contribution in [2.75, 3.05) is 44.6 Å². The topological polar surface area (TPSA) is 73.7 Å². The number of aromatic nitrogens is 2. The first kappa shape index (κ1) is 20.4. The molecule has 3 heterocycles. The normalized spacial score (nSPS) is 22.5. The molecule has 1 aromatic carbocycles. The molecule has 8 nitrogen and oxygen atoms in total. The second kappa shape index (κ2) is 8.47. The van der Waals surface area contributed by atoms with E-state index in [1.54, 1.807) is 4.68 Å². The molecule has 8 heteroatoms. The second-order valence-corrected chi connectivity index (χ2v) is 8.54. The maximum atomic E-state index is 13.0. The molecule has 1 atom stereocenters. The Bertz CT molecular complexity index is 898. The average Bonchev–Trinajstić information content (AvgIpc) is 3.21. The predicted octanol–water partition coefficient (Wildman–Crippen LogP) is 2.01. The van der Waals surface area contributed by atoms with E-state index in [0.717, 1.165) is 30.9 Å². The molecular weight excluding hydrogens is 380 g/mol. The van der Waals surface area contributed by atoms with Crippen LogP contribution in [0.25, 0.3) is 0 Å². The minimum Gasteiger partial charge on any atom is -0.342 e. The zero-order valence-corrected chi connectivity index (χ0v) is 17.8. The molecule has 0 unspecified atom stereocenters. The summed E-state index contributed by atoms with van der Waals surface area (Å²) in [5.74, 6) is 0.184. The van der Waals surface area contributed by atoms with Crippen molar-refractivity contribution in [2.45, 2.75) is 19.9 Å². The molecule has 2 saturated heterocycles. The first-order valence-electron chi connectivity index (χ1n) is 10.5. The van der Waals surface area contributed by atoms with Gasteiger partial charge >= 0.3 is 6.03 Å². The van der Waals surface area contributed by atoms with Gasteiger partial charge in [-0.25, -0.2) is 4.79 Å². The van der Waals surface area contributed by atoms with Gasteiger partial charge in [-0.3, -0.25) is 14.4 Å². The number of amides is 3. The number of likely N-dealkylation sites (tertiary alicyclic amines) is 1. The van der Waals surface area contributed by atoms with Crippen LogP contribution in [0, 0.1) is 5.41 Å². The molecule has 2 aromatic rings. The van der Waals surface area contributed by atoms with Crippen molar-refractivity contribution >= 4 is 17.6 Å². The van der Waals surface area contributed by atoms with Crippen molar-refractivity contribution in [3.05, 3.63) is 48.3 Å². The zero-order chi connectivity index (χ0) is 21.1. The third kappa shape index (κ3) is 4.48. The number of rotatable bonds is 4. The lowest BCUT2D eigenvalue weighted by atomic mass is 9.86. The molecule has 1 spiro atoms. The summed E-state index contributed by atoms with van der Waals surface area (Å²) in [6.07, 6.45) is 4.39. The van der Waals surface area contributed by atoms with Crippen LogP contribution < -0.4 is 5.32 Å². The van der Waals surface area contributed by atoms with Crippen LogP contribution in [-0.2, 0) is 18.4 Å². The number of benzene rings is 1. The molecule has 0 saturated carbocycles. The lowest BCUT2D eigenvalue weighted by Crippen LogP contribution is -2.45. The van der Waals surface area contributed by atoms with Crippen LogP contribution >= 0.6 is 0 Å². The van der Waals surface area contributed by atoms with E-state index in [0.29, 0.717) is 32.6 Å². The minimum absolute atomic E-state index is 0.105. The zero-order valence-electron chi connectivity index (χ0n) is 17.8. The first-order valence-corrected chi connectivity index (χ1v) is 10.5. The number of aryl methyl sites for hydroxylation is 1. The van der Waals surface area contributed by atoms with E-state index in [-0.39, 0.29) is 17.4 Å². The molecular formula is C22H30N6O2. The van der Waals surface area contributed by atoms with E-state index in [4.69, 9.17) is 0 Å². The Morgan fingerprint density at radius 3 is 2.63 bits per heavy atom. The van der Waals surface area contributed by atoms with Gasteiger partial charge in [0.15, 0.2) is 0 Å². The summed E-state index contributed by atoms with van der Waals surface area (Å²) in [5.41, 5.74) is 1.68. The summed E-state index contributed by atoms with van der Waals surface area (Å²) < 4.78 is 1.81. The fourth-order valence-corrected chi connectivity index (χ4v) is 4.68. The van der Waals surface area contributed by atoms with Crippen LogP contribution in [0.2, 0.25) is 0 Å². The van der Waals surface area contributed by atoms with Gasteiger partial charge in [0.25, 0.3) is 0 Å². The molecule has 2 fully saturated rings. The smallest absolute Gasteiger partial charge is 0.321 e. The molecule has 2 aliphatic heterocycles. The van der Waals surface area contributed by atoms with Gasteiger partial charge in [-0.15, -0.1) is 0 Å². The van der Waals surface area contributed by atoms with Gasteiger partial charge < -0.3 is 15.1 Å². The predicted molar refractivity (Wildman–Crippen MR) is 115 cm³/mol. The number of para-hydroxylation sites is 1. The lowest BCUT2D eigenvalue weighted by Gasteiger charge is -2.33. The van der Waals surface area contributed by atoms with E-state index >= 15 is 0 Å². The maximum Gasteiger partial charge on any atom is 0.321 e. The SMILES string of the molecule is CCN1C[C@@]2(CC1=O)CN(Cc1cnn(C)c1)CCN(C(=O)Nc1ccccc1)C2. The number of urea groups is 1. The van der Waals surface area contributed by atoms with E-state index in [1.807, 2.05) is 66.5 Å². The van der Waals surface area contributed by atoms with Crippen molar-refractivity contribution in [1.82, 2.24) is 24.5 Å². The number of carbonyl (C=O) groups is 2. The van der Waals surface area contributed by atoms with Crippen LogP contribution in [0.5, 0.6) is 0 Å². The Kier molecular flexibility index (Phi) is 5.76. The number of hydrogen-bond acceptors (Lipinski definition) is 4. The van der Waals surface area contributed by atoms with Gasteiger partial charge in [0.05, 0.1) is 6.20 Å². The first-order chi connectivity index (χ1) is 14.5. The Labute approximate surface area is 177 Å². The summed E-state index contributed by atoms with van der Waals surface area (Å²) in [6.45, 7) is 6.95. The summed E-state index contributed by atoms with van der Waals surface area (Å²) >= 11 is 0. The third-order valence-electron chi connectivity index (χ3n) is 6.04. The Morgan fingerprint density at radius 1 is 1.17 bits per heavy atom. The lowest BCUT2D eigenvalue weighted by molar-refractivity contribution is -0.127. The summed E-state index contributed by atoms with van der Waals surface area (Å²) in [5, 5.41) is 7.28. The van der Waals surface area contributed by atoms with E-state index in [1.165, 1.54) is 0 Å². The minimum atomic E-state index is -0.250. The monoisotopic (exact) mass is 410 g/mol. The van der Waals surface area contributed by atoms with Crippen LogP contribution in [-0.4, -0.2) is 75.7 Å². The highest BCUT2D eigenvalue weighted by Gasteiger charge is 2.46. The van der Waals surface area contributed by atoms with Crippen LogP contribution in [0.4, 0.5) is 10.5 Å². The van der Waals surface area contributed by atoms with E-state index < -0.39 is 0 Å². The number of nitrogens with one attached hydrogen (secondary N) is 1. The van der Waals surface area contributed by atoms with Gasteiger partial charge in [-0.2, -0.15) is 5.10 Å². The largest absolute Gasteiger partial charge is 0.342 e. The molecule has 30 heavy (non-hydrogen) atoms. The fourth-order valence-electron chi connectivity index (χ4n) is 4.68. The number of carbonyl (C=O) groups excluding carboxylic acids is 2. The van der Waals surface area contributed by atoms with Gasteiger partial charge in [-0.05, 0) is 19.1 Å². The van der Waals surface area contributed by atoms with Crippen molar-refractivity contribution in [3.8, 4) is 0 Å². The van der Waals surface area contributed by atoms with E-state index in [9.17, 15) is 9.59 Å². The fraction of sp³-hybridized carbons (Fsp3) is 0.500. The highest BCUT2D eigenvalue weighted by molar-refractivity contribution is 5.89. The number of hydrogen-bond donors (Lipinski definition) is 1. The standard InChI is InChI=1S/C22H30N6O2/c1-3-27-16-22(11-20(27)29)15-26(14-18-12-23-25(2)13-18)9-10-28(17-22)21(30)24-19-7-5-4-6-8-19/h4-8,12-13H,3,9-11,14-17H2,1-2H3,(H,24,30)/t22-/m1/s1. The van der Waals surface area contributed by atoms with Crippen molar-refractivity contribution in [3.63, 3.8) is 0 Å². The molecule has 2 aliphatic rings. The molecule has 160 valence electrons. The molecule has 1 aromatic heterocycles. The van der Waals surface area contributed by atoms with Gasteiger partial charge in [0.1, 0.15) is 0 Å². The Morgan fingerprint density at radius 2 is 1.97 bits per heavy atom. The second-order valence-electron chi connectivity index (χ2n) is 8.54. The summed E-state index contributed by atoms with van der Waals surface area (Å²) in [7, 11) is 1.91. The van der Waals surface area contributed by atoms with Gasteiger partial charge in [-0.1, -0.05) is 18.2 Å². The average molecular weight is 411 g/mol. The molecule has 4 rings (SSSR count). The van der Waals surface area contributed by atoms with Crippen LogP contribution in [0.3, 0.4) is 0 Å². The number of nitrogens with zero attached hydrogens (tertiary/aromatic N) is 5. The van der Waals surface area contributed by atoms with Crippen molar-refractivity contribution < 1.29 is 9.59 Å². The van der Waals surface area contributed by atoms with Crippen LogP contribution in [0.1, 0.15) is 18.9 Å². The number of anilines is 1. The molecule has 0 radical (unpaired) electrons. The highest BCUT2D eigenvalue weighted by atomic mass is 16.2. The Hall–Kier alpha value is -2.87. The van der Waals surface area contributed by atoms with E-state index in [2.05, 4.69) is 15.3 Å². The molecule has 1 N–H and O–H groups in total. The van der Waals surface area contributed by atoms with Gasteiger partial charge in [0, 0.05) is 82.1 Å². The quantitative estimate of drug-likeness (QED) is 0.837. The molecule has 0 aliphatic carbocycles. The molecule has 0 bridgehead atoms. The third-order valence-corrected chi connectivity index (χ3v) is 6.04. The van der Waals surface area contributed by atoms with Crippen molar-refractivity contribution in [2.24, 2.45) is 12.5 Å². The highest BCUT2D eigenvalue weighted by Crippen LogP contribution is 2.35.